The number of likely N-dealkylation sites (N-methyl/N-ethyl adjacent to an activating group) is 1. The zero-order valence-electron chi connectivity index (χ0n) is 15.1. The minimum Gasteiger partial charge on any atom is -0.493 e. The molecule has 0 heterocycles. The summed E-state index contributed by atoms with van der Waals surface area (Å²) in [4.78, 5) is 14.3. The zero-order chi connectivity index (χ0) is 17.4. The van der Waals surface area contributed by atoms with Gasteiger partial charge >= 0.3 is 0 Å². The van der Waals surface area contributed by atoms with E-state index in [9.17, 15) is 4.79 Å². The normalized spacial score (nSPS) is 16.0. The topological polar surface area (TPSA) is 38.8 Å². The van der Waals surface area contributed by atoms with Gasteiger partial charge in [-0.3, -0.25) is 4.79 Å². The first-order chi connectivity index (χ1) is 11.7. The first kappa shape index (κ1) is 18.4. The summed E-state index contributed by atoms with van der Waals surface area (Å²) >= 11 is 0. The standard InChI is InChI=1S/C20H29NO3/c1-4-9-16-12-13-18(19(14-16)23-3)24-15-20(22)21(2)17-10-7-5-6-8-11-17/h4,9,12-14,17H,5-8,10-11,15H2,1-3H3/b9-4+. The summed E-state index contributed by atoms with van der Waals surface area (Å²) in [6.45, 7) is 2.02. The Balaban J connectivity index is 1.95. The maximum Gasteiger partial charge on any atom is 0.260 e. The summed E-state index contributed by atoms with van der Waals surface area (Å²) in [5, 5.41) is 0. The second kappa shape index (κ2) is 9.36. The highest BCUT2D eigenvalue weighted by Crippen LogP contribution is 2.29. The molecule has 0 saturated heterocycles. The number of benzene rings is 1. The molecule has 0 spiro atoms. The number of methoxy groups -OCH3 is 1. The smallest absolute Gasteiger partial charge is 0.260 e. The molecule has 0 atom stereocenters. The Bertz CT molecular complexity index is 560. The highest BCUT2D eigenvalue weighted by molar-refractivity contribution is 5.78. The number of hydrogen-bond donors (Lipinski definition) is 0. The average molecular weight is 331 g/mol. The Labute approximate surface area is 145 Å². The van der Waals surface area contributed by atoms with E-state index in [2.05, 4.69) is 0 Å². The van der Waals surface area contributed by atoms with Crippen molar-refractivity contribution in [2.75, 3.05) is 20.8 Å². The Hall–Kier alpha value is -1.97. The van der Waals surface area contributed by atoms with Gasteiger partial charge in [-0.05, 0) is 37.5 Å². The van der Waals surface area contributed by atoms with Crippen LogP contribution < -0.4 is 9.47 Å². The molecule has 1 aliphatic carbocycles. The van der Waals surface area contributed by atoms with Crippen LogP contribution in [0, 0.1) is 0 Å². The van der Waals surface area contributed by atoms with Gasteiger partial charge in [0, 0.05) is 13.1 Å². The molecule has 0 aromatic heterocycles. The van der Waals surface area contributed by atoms with Gasteiger partial charge in [0.25, 0.3) is 5.91 Å². The molecule has 1 amide bonds. The Morgan fingerprint density at radius 3 is 2.54 bits per heavy atom. The number of nitrogens with zero attached hydrogens (tertiary/aromatic N) is 1. The van der Waals surface area contributed by atoms with Crippen LogP contribution in [0.15, 0.2) is 24.3 Å². The van der Waals surface area contributed by atoms with E-state index in [-0.39, 0.29) is 12.5 Å². The number of ether oxygens (including phenoxy) is 2. The van der Waals surface area contributed by atoms with E-state index in [1.165, 1.54) is 25.7 Å². The van der Waals surface area contributed by atoms with Gasteiger partial charge in [-0.25, -0.2) is 0 Å². The SMILES string of the molecule is C/C=C/c1ccc(OCC(=O)N(C)C2CCCCCC2)c(OC)c1. The third-order valence-corrected chi connectivity index (χ3v) is 4.66. The predicted octanol–water partition coefficient (Wildman–Crippen LogP) is 4.29. The van der Waals surface area contributed by atoms with Gasteiger partial charge in [0.2, 0.25) is 0 Å². The Kier molecular flexibility index (Phi) is 7.16. The molecule has 0 unspecified atom stereocenters. The molecule has 1 aromatic carbocycles. The molecule has 0 radical (unpaired) electrons. The second-order valence-corrected chi connectivity index (χ2v) is 6.35. The molecule has 0 aliphatic heterocycles. The molecule has 1 fully saturated rings. The predicted molar refractivity (Wildman–Crippen MR) is 97.5 cm³/mol. The maximum atomic E-state index is 12.4. The van der Waals surface area contributed by atoms with E-state index in [1.54, 1.807) is 7.11 Å². The summed E-state index contributed by atoms with van der Waals surface area (Å²) in [6, 6.07) is 6.07. The molecule has 1 aromatic rings. The highest BCUT2D eigenvalue weighted by Gasteiger charge is 2.21. The van der Waals surface area contributed by atoms with Gasteiger partial charge in [-0.2, -0.15) is 0 Å². The summed E-state index contributed by atoms with van der Waals surface area (Å²) in [5.41, 5.74) is 1.05. The van der Waals surface area contributed by atoms with Crippen molar-refractivity contribution in [1.29, 1.82) is 0 Å². The summed E-state index contributed by atoms with van der Waals surface area (Å²) < 4.78 is 11.1. The lowest BCUT2D eigenvalue weighted by Crippen LogP contribution is -2.39. The van der Waals surface area contributed by atoms with E-state index in [0.717, 1.165) is 18.4 Å². The maximum absolute atomic E-state index is 12.4. The van der Waals surface area contributed by atoms with Crippen LogP contribution in [0.1, 0.15) is 51.0 Å². The number of rotatable bonds is 6. The van der Waals surface area contributed by atoms with Crippen molar-refractivity contribution < 1.29 is 14.3 Å². The Morgan fingerprint density at radius 2 is 1.92 bits per heavy atom. The second-order valence-electron chi connectivity index (χ2n) is 6.35. The summed E-state index contributed by atoms with van der Waals surface area (Å²) in [6.07, 6.45) is 11.2. The molecule has 132 valence electrons. The lowest BCUT2D eigenvalue weighted by molar-refractivity contribution is -0.134. The van der Waals surface area contributed by atoms with E-state index < -0.39 is 0 Å². The van der Waals surface area contributed by atoms with Crippen LogP contribution in [0.2, 0.25) is 0 Å². The van der Waals surface area contributed by atoms with E-state index in [1.807, 2.05) is 49.2 Å². The fourth-order valence-electron chi connectivity index (χ4n) is 3.19. The van der Waals surface area contributed by atoms with Crippen LogP contribution >= 0.6 is 0 Å². The number of hydrogen-bond acceptors (Lipinski definition) is 3. The van der Waals surface area contributed by atoms with Crippen molar-refractivity contribution in [3.8, 4) is 11.5 Å². The fraction of sp³-hybridized carbons (Fsp3) is 0.550. The van der Waals surface area contributed by atoms with Crippen molar-refractivity contribution in [3.63, 3.8) is 0 Å². The van der Waals surface area contributed by atoms with Gasteiger partial charge in [0.05, 0.1) is 7.11 Å². The fourth-order valence-corrected chi connectivity index (χ4v) is 3.19. The third kappa shape index (κ3) is 5.02. The monoisotopic (exact) mass is 331 g/mol. The molecule has 2 rings (SSSR count). The largest absolute Gasteiger partial charge is 0.493 e. The summed E-state index contributed by atoms with van der Waals surface area (Å²) in [7, 11) is 3.51. The first-order valence-corrected chi connectivity index (χ1v) is 8.85. The van der Waals surface area contributed by atoms with E-state index >= 15 is 0 Å². The lowest BCUT2D eigenvalue weighted by Gasteiger charge is -2.27. The van der Waals surface area contributed by atoms with Crippen molar-refractivity contribution in [2.45, 2.75) is 51.5 Å². The van der Waals surface area contributed by atoms with E-state index in [4.69, 9.17) is 9.47 Å². The molecular formula is C20H29NO3. The molecule has 1 saturated carbocycles. The van der Waals surface area contributed by atoms with Gasteiger partial charge in [0.15, 0.2) is 18.1 Å². The van der Waals surface area contributed by atoms with Gasteiger partial charge in [0.1, 0.15) is 0 Å². The van der Waals surface area contributed by atoms with Crippen molar-refractivity contribution in [2.24, 2.45) is 0 Å². The molecule has 4 nitrogen and oxygen atoms in total. The van der Waals surface area contributed by atoms with Crippen LogP contribution in [0.4, 0.5) is 0 Å². The van der Waals surface area contributed by atoms with Crippen LogP contribution in [-0.4, -0.2) is 37.6 Å². The van der Waals surface area contributed by atoms with E-state index in [0.29, 0.717) is 17.5 Å². The zero-order valence-corrected chi connectivity index (χ0v) is 15.1. The molecular weight excluding hydrogens is 302 g/mol. The molecule has 1 aliphatic rings. The summed E-state index contributed by atoms with van der Waals surface area (Å²) in [5.74, 6) is 1.28. The van der Waals surface area contributed by atoms with Crippen LogP contribution in [0.25, 0.3) is 6.08 Å². The molecule has 0 N–H and O–H groups in total. The van der Waals surface area contributed by atoms with Gasteiger partial charge < -0.3 is 14.4 Å². The lowest BCUT2D eigenvalue weighted by atomic mass is 10.1. The van der Waals surface area contributed by atoms with Crippen LogP contribution in [0.3, 0.4) is 0 Å². The quantitative estimate of drug-likeness (QED) is 0.730. The highest BCUT2D eigenvalue weighted by atomic mass is 16.5. The van der Waals surface area contributed by atoms with Crippen molar-refractivity contribution in [3.05, 3.63) is 29.8 Å². The third-order valence-electron chi connectivity index (χ3n) is 4.66. The molecule has 24 heavy (non-hydrogen) atoms. The van der Waals surface area contributed by atoms with Crippen molar-refractivity contribution in [1.82, 2.24) is 4.90 Å². The first-order valence-electron chi connectivity index (χ1n) is 8.85. The van der Waals surface area contributed by atoms with Crippen molar-refractivity contribution >= 4 is 12.0 Å². The molecule has 4 heteroatoms. The minimum atomic E-state index is 0.0292. The number of carbonyl (C=O) groups is 1. The number of carbonyl (C=O) groups excluding carboxylic acids is 1. The number of amides is 1. The Morgan fingerprint density at radius 1 is 1.21 bits per heavy atom. The van der Waals surface area contributed by atoms with Crippen LogP contribution in [0.5, 0.6) is 11.5 Å². The van der Waals surface area contributed by atoms with Crippen LogP contribution in [-0.2, 0) is 4.79 Å². The average Bonchev–Trinajstić information content (AvgIpc) is 2.89. The van der Waals surface area contributed by atoms with Gasteiger partial charge in [-0.15, -0.1) is 0 Å². The van der Waals surface area contributed by atoms with Gasteiger partial charge in [-0.1, -0.05) is 43.9 Å². The number of allylic oxidation sites excluding steroid dienone is 1. The molecule has 0 bridgehead atoms. The minimum absolute atomic E-state index is 0.0292.